The molecule has 0 saturated carbocycles. The zero-order valence-electron chi connectivity index (χ0n) is 10.1. The van der Waals surface area contributed by atoms with Gasteiger partial charge in [0.2, 0.25) is 0 Å². The van der Waals surface area contributed by atoms with E-state index in [0.29, 0.717) is 0 Å². The van der Waals surface area contributed by atoms with E-state index in [1.165, 1.54) is 11.1 Å². The molecule has 0 spiro atoms. The highest BCUT2D eigenvalue weighted by atomic mass is 79.9. The van der Waals surface area contributed by atoms with Crippen molar-refractivity contribution in [3.8, 4) is 5.75 Å². The van der Waals surface area contributed by atoms with Crippen LogP contribution in [0.3, 0.4) is 0 Å². The molecule has 0 bridgehead atoms. The fourth-order valence-corrected chi connectivity index (χ4v) is 2.73. The van der Waals surface area contributed by atoms with E-state index in [1.807, 2.05) is 19.3 Å². The number of nitrogens with one attached hydrogen (secondary N) is 1. The molecule has 1 aromatic heterocycles. The summed E-state index contributed by atoms with van der Waals surface area (Å²) in [4.78, 5) is 0. The number of rotatable bonds is 3. The minimum absolute atomic E-state index is 0.721. The van der Waals surface area contributed by atoms with Crippen LogP contribution in [0.15, 0.2) is 28.9 Å². The van der Waals surface area contributed by atoms with E-state index in [-0.39, 0.29) is 0 Å². The second kappa shape index (κ2) is 4.65. The third-order valence-electron chi connectivity index (χ3n) is 3.00. The number of anilines is 1. The van der Waals surface area contributed by atoms with Crippen LogP contribution in [-0.2, 0) is 20.0 Å². The summed E-state index contributed by atoms with van der Waals surface area (Å²) in [6, 6.07) is 6.19. The molecule has 0 atom stereocenters. The van der Waals surface area contributed by atoms with Crippen molar-refractivity contribution in [3.63, 3.8) is 0 Å². The molecular formula is C13H14BrN3O. The van der Waals surface area contributed by atoms with Gasteiger partial charge in [-0.05, 0) is 17.7 Å². The van der Waals surface area contributed by atoms with Gasteiger partial charge >= 0.3 is 0 Å². The van der Waals surface area contributed by atoms with E-state index in [1.54, 1.807) is 4.68 Å². The molecule has 0 amide bonds. The third-order valence-corrected chi connectivity index (χ3v) is 3.46. The number of hydrogen-bond acceptors (Lipinski definition) is 3. The van der Waals surface area contributed by atoms with Gasteiger partial charge in [0, 0.05) is 42.3 Å². The minimum atomic E-state index is 0.721. The lowest BCUT2D eigenvalue weighted by Crippen LogP contribution is -2.02. The molecular weight excluding hydrogens is 294 g/mol. The number of hydrogen-bond donors (Lipinski definition) is 1. The summed E-state index contributed by atoms with van der Waals surface area (Å²) in [5.74, 6) is 1.91. The second-order valence-corrected chi connectivity index (χ2v) is 5.30. The average molecular weight is 308 g/mol. The lowest BCUT2D eigenvalue weighted by atomic mass is 10.1. The lowest BCUT2D eigenvalue weighted by molar-refractivity contribution is 0.354. The van der Waals surface area contributed by atoms with E-state index >= 15 is 0 Å². The average Bonchev–Trinajstić information content (AvgIpc) is 2.94. The van der Waals surface area contributed by atoms with Gasteiger partial charge in [-0.1, -0.05) is 15.9 Å². The molecule has 5 heteroatoms. The van der Waals surface area contributed by atoms with E-state index in [2.05, 4.69) is 38.5 Å². The lowest BCUT2D eigenvalue weighted by Gasteiger charge is -2.09. The number of nitrogens with zero attached hydrogens (tertiary/aromatic N) is 2. The first kappa shape index (κ1) is 11.6. The fourth-order valence-electron chi connectivity index (χ4n) is 2.17. The van der Waals surface area contributed by atoms with Gasteiger partial charge in [-0.3, -0.25) is 4.68 Å². The summed E-state index contributed by atoms with van der Waals surface area (Å²) in [5.41, 5.74) is 2.45. The molecule has 1 aliphatic rings. The Hall–Kier alpha value is -1.49. The third kappa shape index (κ3) is 2.22. The van der Waals surface area contributed by atoms with Crippen LogP contribution in [0.25, 0.3) is 0 Å². The van der Waals surface area contributed by atoms with E-state index in [9.17, 15) is 0 Å². The van der Waals surface area contributed by atoms with Gasteiger partial charge in [-0.15, -0.1) is 0 Å². The summed E-state index contributed by atoms with van der Waals surface area (Å²) in [7, 11) is 1.91. The Labute approximate surface area is 114 Å². The van der Waals surface area contributed by atoms with Gasteiger partial charge in [-0.25, -0.2) is 0 Å². The second-order valence-electron chi connectivity index (χ2n) is 4.38. The smallest absolute Gasteiger partial charge is 0.148 e. The number of fused-ring (bicyclic) bond motifs is 1. The van der Waals surface area contributed by atoms with E-state index in [0.717, 1.165) is 35.6 Å². The zero-order valence-corrected chi connectivity index (χ0v) is 11.7. The normalized spacial score (nSPS) is 13.2. The molecule has 0 fully saturated rings. The summed E-state index contributed by atoms with van der Waals surface area (Å²) in [5, 5.41) is 7.60. The van der Waals surface area contributed by atoms with Gasteiger partial charge in [-0.2, -0.15) is 5.10 Å². The monoisotopic (exact) mass is 307 g/mol. The number of aromatic nitrogens is 2. The van der Waals surface area contributed by atoms with Crippen LogP contribution in [-0.4, -0.2) is 16.4 Å². The molecule has 0 unspecified atom stereocenters. The Morgan fingerprint density at radius 3 is 3.17 bits per heavy atom. The number of halogens is 1. The first-order valence-corrected chi connectivity index (χ1v) is 6.69. The molecule has 0 aliphatic carbocycles. The Balaban J connectivity index is 1.80. The summed E-state index contributed by atoms with van der Waals surface area (Å²) >= 11 is 3.54. The van der Waals surface area contributed by atoms with Crippen LogP contribution < -0.4 is 10.1 Å². The summed E-state index contributed by atoms with van der Waals surface area (Å²) < 4.78 is 8.58. The first-order valence-electron chi connectivity index (χ1n) is 5.90. The Kier molecular flexibility index (Phi) is 2.99. The van der Waals surface area contributed by atoms with Crippen molar-refractivity contribution in [3.05, 3.63) is 40.0 Å². The van der Waals surface area contributed by atoms with Crippen LogP contribution in [0.2, 0.25) is 0 Å². The molecule has 3 rings (SSSR count). The molecule has 2 aromatic rings. The van der Waals surface area contributed by atoms with Crippen LogP contribution in [0.5, 0.6) is 5.75 Å². The molecule has 18 heavy (non-hydrogen) atoms. The fraction of sp³-hybridized carbons (Fsp3) is 0.308. The van der Waals surface area contributed by atoms with Crippen LogP contribution in [0, 0.1) is 0 Å². The Bertz CT molecular complexity index is 580. The minimum Gasteiger partial charge on any atom is -0.493 e. The highest BCUT2D eigenvalue weighted by molar-refractivity contribution is 9.10. The van der Waals surface area contributed by atoms with Crippen molar-refractivity contribution >= 4 is 21.7 Å². The molecule has 2 heterocycles. The summed E-state index contributed by atoms with van der Waals surface area (Å²) in [6.45, 7) is 1.50. The van der Waals surface area contributed by atoms with Crippen molar-refractivity contribution in [2.24, 2.45) is 7.05 Å². The maximum Gasteiger partial charge on any atom is 0.148 e. The van der Waals surface area contributed by atoms with Crippen LogP contribution in [0.1, 0.15) is 11.1 Å². The topological polar surface area (TPSA) is 39.1 Å². The van der Waals surface area contributed by atoms with Gasteiger partial charge in [0.15, 0.2) is 0 Å². The first-order chi connectivity index (χ1) is 8.72. The quantitative estimate of drug-likeness (QED) is 0.947. The van der Waals surface area contributed by atoms with Crippen LogP contribution in [0.4, 0.5) is 5.82 Å². The molecule has 1 N–H and O–H groups in total. The highest BCUT2D eigenvalue weighted by Crippen LogP contribution is 2.33. The number of ether oxygens (including phenoxy) is 1. The van der Waals surface area contributed by atoms with Crippen molar-refractivity contribution < 1.29 is 4.74 Å². The predicted molar refractivity (Wildman–Crippen MR) is 73.9 cm³/mol. The molecule has 1 aromatic carbocycles. The number of aryl methyl sites for hydroxylation is 1. The van der Waals surface area contributed by atoms with E-state index in [4.69, 9.17) is 4.74 Å². The molecule has 0 saturated heterocycles. The van der Waals surface area contributed by atoms with Gasteiger partial charge in [0.05, 0.1) is 6.61 Å². The van der Waals surface area contributed by atoms with Gasteiger partial charge < -0.3 is 10.1 Å². The van der Waals surface area contributed by atoms with Crippen molar-refractivity contribution in [2.45, 2.75) is 13.0 Å². The molecule has 4 nitrogen and oxygen atoms in total. The Morgan fingerprint density at radius 1 is 1.50 bits per heavy atom. The van der Waals surface area contributed by atoms with Crippen molar-refractivity contribution in [1.29, 1.82) is 0 Å². The molecule has 94 valence electrons. The zero-order chi connectivity index (χ0) is 12.5. The predicted octanol–water partition coefficient (Wildman–Crippen LogP) is 2.73. The van der Waals surface area contributed by atoms with Gasteiger partial charge in [0.25, 0.3) is 0 Å². The SMILES string of the molecule is Cn1ccc(NCc2cc(Br)cc3c2OCC3)n1. The highest BCUT2D eigenvalue weighted by Gasteiger charge is 2.17. The summed E-state index contributed by atoms with van der Waals surface area (Å²) in [6.07, 6.45) is 2.91. The number of benzene rings is 1. The van der Waals surface area contributed by atoms with Crippen molar-refractivity contribution in [1.82, 2.24) is 9.78 Å². The standard InChI is InChI=1S/C13H14BrN3O/c1-17-4-2-12(16-17)15-8-10-7-11(14)6-9-3-5-18-13(9)10/h2,4,6-7H,3,5,8H2,1H3,(H,15,16). The molecule has 1 aliphatic heterocycles. The molecule has 0 radical (unpaired) electrons. The van der Waals surface area contributed by atoms with E-state index < -0.39 is 0 Å². The maximum atomic E-state index is 5.69. The largest absolute Gasteiger partial charge is 0.493 e. The van der Waals surface area contributed by atoms with Crippen molar-refractivity contribution in [2.75, 3.05) is 11.9 Å². The van der Waals surface area contributed by atoms with Crippen LogP contribution >= 0.6 is 15.9 Å². The van der Waals surface area contributed by atoms with Gasteiger partial charge in [0.1, 0.15) is 11.6 Å². The maximum absolute atomic E-state index is 5.69. The Morgan fingerprint density at radius 2 is 2.39 bits per heavy atom.